The first kappa shape index (κ1) is 22.2. The van der Waals surface area contributed by atoms with Crippen molar-refractivity contribution in [2.75, 3.05) is 31.2 Å². The van der Waals surface area contributed by atoms with Crippen molar-refractivity contribution in [2.45, 2.75) is 12.6 Å². The Kier molecular flexibility index (Phi) is 6.85. The molecule has 0 spiro atoms. The topological polar surface area (TPSA) is 97.1 Å². The van der Waals surface area contributed by atoms with Crippen LogP contribution in [0.1, 0.15) is 16.7 Å². The average molecular weight is 436 g/mol. The van der Waals surface area contributed by atoms with Crippen LogP contribution in [0.4, 0.5) is 24.5 Å². The number of morpholine rings is 1. The summed E-state index contributed by atoms with van der Waals surface area (Å²) in [5, 5.41) is 15.2. The number of benzene rings is 2. The molecule has 3 rings (SSSR count). The summed E-state index contributed by atoms with van der Waals surface area (Å²) in [6.07, 6.45) is -3.55. The molecular formula is C20H19F3N4O4. The van der Waals surface area contributed by atoms with Gasteiger partial charge in [0.15, 0.2) is 0 Å². The molecule has 0 radical (unpaired) electrons. The highest BCUT2D eigenvalue weighted by molar-refractivity contribution is 5.85. The maximum absolute atomic E-state index is 12.8. The van der Waals surface area contributed by atoms with Crippen LogP contribution in [-0.4, -0.2) is 43.3 Å². The van der Waals surface area contributed by atoms with E-state index in [2.05, 4.69) is 10.5 Å². The molecule has 0 atom stereocenters. The Bertz CT molecular complexity index is 989. The monoisotopic (exact) mass is 436 g/mol. The highest BCUT2D eigenvalue weighted by atomic mass is 19.4. The molecule has 0 aromatic heterocycles. The van der Waals surface area contributed by atoms with Crippen LogP contribution >= 0.6 is 0 Å². The molecule has 0 saturated carbocycles. The molecule has 1 aliphatic heterocycles. The maximum atomic E-state index is 12.8. The molecule has 8 nitrogen and oxygen atoms in total. The Balaban J connectivity index is 1.64. The number of nitrogens with zero attached hydrogens (tertiary/aromatic N) is 3. The molecule has 31 heavy (non-hydrogen) atoms. The smallest absolute Gasteiger partial charge is 0.378 e. The van der Waals surface area contributed by atoms with Gasteiger partial charge in [0.25, 0.3) is 5.69 Å². The van der Waals surface area contributed by atoms with Gasteiger partial charge < -0.3 is 9.64 Å². The summed E-state index contributed by atoms with van der Waals surface area (Å²) < 4.78 is 43.5. The maximum Gasteiger partial charge on any atom is 0.416 e. The molecule has 1 aliphatic rings. The summed E-state index contributed by atoms with van der Waals surface area (Å²) in [7, 11) is 0. The Morgan fingerprint density at radius 2 is 1.97 bits per heavy atom. The van der Waals surface area contributed by atoms with E-state index < -0.39 is 22.6 Å². The van der Waals surface area contributed by atoms with Gasteiger partial charge in [0, 0.05) is 24.7 Å². The summed E-state index contributed by atoms with van der Waals surface area (Å²) in [4.78, 5) is 24.8. The van der Waals surface area contributed by atoms with E-state index in [1.54, 1.807) is 12.1 Å². The zero-order valence-electron chi connectivity index (χ0n) is 16.3. The van der Waals surface area contributed by atoms with Gasteiger partial charge in [-0.1, -0.05) is 24.3 Å². The van der Waals surface area contributed by atoms with Crippen molar-refractivity contribution < 1.29 is 27.6 Å². The first-order chi connectivity index (χ1) is 14.7. The quantitative estimate of drug-likeness (QED) is 0.426. The molecule has 1 amide bonds. The number of nitro groups is 1. The van der Waals surface area contributed by atoms with Gasteiger partial charge in [-0.2, -0.15) is 18.3 Å². The number of amides is 1. The van der Waals surface area contributed by atoms with Crippen molar-refractivity contribution in [3.63, 3.8) is 0 Å². The first-order valence-electron chi connectivity index (χ1n) is 9.33. The summed E-state index contributed by atoms with van der Waals surface area (Å²) in [6.45, 7) is 2.05. The second-order valence-electron chi connectivity index (χ2n) is 6.77. The lowest BCUT2D eigenvalue weighted by molar-refractivity contribution is -0.384. The molecule has 2 aromatic rings. The summed E-state index contributed by atoms with van der Waals surface area (Å²) in [5.41, 5.74) is 2.33. The van der Waals surface area contributed by atoms with Crippen LogP contribution in [-0.2, 0) is 22.1 Å². The number of nitrogens with one attached hydrogen (secondary N) is 1. The third-order valence-electron chi connectivity index (χ3n) is 4.57. The number of anilines is 1. The van der Waals surface area contributed by atoms with E-state index >= 15 is 0 Å². The minimum atomic E-state index is -4.49. The van der Waals surface area contributed by atoms with E-state index in [9.17, 15) is 28.1 Å². The van der Waals surface area contributed by atoms with Gasteiger partial charge in [-0.3, -0.25) is 14.9 Å². The van der Waals surface area contributed by atoms with E-state index in [0.717, 1.165) is 12.1 Å². The highest BCUT2D eigenvalue weighted by Gasteiger charge is 2.30. The molecule has 1 saturated heterocycles. The summed E-state index contributed by atoms with van der Waals surface area (Å²) >= 11 is 0. The number of nitro benzene ring substituents is 1. The van der Waals surface area contributed by atoms with Crippen molar-refractivity contribution in [1.29, 1.82) is 0 Å². The SMILES string of the molecule is O=C(Cc1cccc(C(F)(F)F)c1)N/N=C/c1ccc(N2CCOCC2)c([N+](=O)[O-])c1. The number of ether oxygens (including phenoxy) is 1. The van der Waals surface area contributed by atoms with Crippen molar-refractivity contribution in [3.8, 4) is 0 Å². The van der Waals surface area contributed by atoms with Crippen LogP contribution in [0.25, 0.3) is 0 Å². The lowest BCUT2D eigenvalue weighted by atomic mass is 10.1. The number of carbonyl (C=O) groups is 1. The minimum Gasteiger partial charge on any atom is -0.378 e. The predicted octanol–water partition coefficient (Wildman–Crippen LogP) is 3.14. The zero-order chi connectivity index (χ0) is 22.4. The normalized spacial score (nSPS) is 14.6. The van der Waals surface area contributed by atoms with Crippen LogP contribution in [0.2, 0.25) is 0 Å². The Morgan fingerprint density at radius 1 is 1.23 bits per heavy atom. The molecule has 1 heterocycles. The fraction of sp³-hybridized carbons (Fsp3) is 0.300. The third-order valence-corrected chi connectivity index (χ3v) is 4.57. The molecular weight excluding hydrogens is 417 g/mol. The van der Waals surface area contributed by atoms with Gasteiger partial charge in [0.2, 0.25) is 5.91 Å². The number of halogens is 3. The molecule has 1 fully saturated rings. The van der Waals surface area contributed by atoms with Gasteiger partial charge in [0.1, 0.15) is 5.69 Å². The molecule has 2 aromatic carbocycles. The van der Waals surface area contributed by atoms with Crippen molar-refractivity contribution in [2.24, 2.45) is 5.10 Å². The Labute approximate surface area is 175 Å². The van der Waals surface area contributed by atoms with Crippen molar-refractivity contribution in [1.82, 2.24) is 5.43 Å². The standard InChI is InChI=1S/C20H19F3N4O4/c21-20(22,23)16-3-1-2-14(10-16)12-19(28)25-24-13-15-4-5-17(18(11-15)27(29)30)26-6-8-31-9-7-26/h1-5,10-11,13H,6-9,12H2,(H,25,28)/b24-13+. The van der Waals surface area contributed by atoms with Gasteiger partial charge in [0.05, 0.1) is 36.3 Å². The number of alkyl halides is 3. The van der Waals surface area contributed by atoms with Crippen LogP contribution in [0.15, 0.2) is 47.6 Å². The second kappa shape index (κ2) is 9.56. The second-order valence-corrected chi connectivity index (χ2v) is 6.77. The zero-order valence-corrected chi connectivity index (χ0v) is 16.3. The number of hydrogen-bond acceptors (Lipinski definition) is 6. The number of rotatable bonds is 6. The highest BCUT2D eigenvalue weighted by Crippen LogP contribution is 2.30. The minimum absolute atomic E-state index is 0.0962. The van der Waals surface area contributed by atoms with Gasteiger partial charge >= 0.3 is 6.18 Å². The lowest BCUT2D eigenvalue weighted by Gasteiger charge is -2.28. The van der Waals surface area contributed by atoms with Crippen LogP contribution in [0, 0.1) is 10.1 Å². The number of hydrogen-bond donors (Lipinski definition) is 1. The molecule has 0 unspecified atom stereocenters. The summed E-state index contributed by atoms with van der Waals surface area (Å²) in [6, 6.07) is 9.03. The molecule has 1 N–H and O–H groups in total. The molecule has 0 aliphatic carbocycles. The van der Waals surface area contributed by atoms with Crippen LogP contribution in [0.3, 0.4) is 0 Å². The Hall–Kier alpha value is -3.47. The fourth-order valence-corrected chi connectivity index (χ4v) is 3.10. The molecule has 11 heteroatoms. The van der Waals surface area contributed by atoms with Gasteiger partial charge in [-0.25, -0.2) is 5.43 Å². The Morgan fingerprint density at radius 3 is 2.65 bits per heavy atom. The van der Waals surface area contributed by atoms with Crippen LogP contribution < -0.4 is 10.3 Å². The lowest BCUT2D eigenvalue weighted by Crippen LogP contribution is -2.36. The fourth-order valence-electron chi connectivity index (χ4n) is 3.10. The van der Waals surface area contributed by atoms with Crippen molar-refractivity contribution in [3.05, 3.63) is 69.3 Å². The van der Waals surface area contributed by atoms with Gasteiger partial charge in [-0.05, 0) is 17.7 Å². The average Bonchev–Trinajstić information content (AvgIpc) is 2.74. The largest absolute Gasteiger partial charge is 0.416 e. The van der Waals surface area contributed by atoms with E-state index in [1.165, 1.54) is 24.4 Å². The molecule has 164 valence electrons. The van der Waals surface area contributed by atoms with E-state index in [1.807, 2.05) is 4.90 Å². The molecule has 0 bridgehead atoms. The van der Waals surface area contributed by atoms with E-state index in [-0.39, 0.29) is 17.7 Å². The van der Waals surface area contributed by atoms with Crippen LogP contribution in [0.5, 0.6) is 0 Å². The van der Waals surface area contributed by atoms with E-state index in [4.69, 9.17) is 4.74 Å². The van der Waals surface area contributed by atoms with Crippen molar-refractivity contribution >= 4 is 23.5 Å². The number of carbonyl (C=O) groups excluding carboxylic acids is 1. The van der Waals surface area contributed by atoms with E-state index in [0.29, 0.717) is 37.6 Å². The first-order valence-corrected chi connectivity index (χ1v) is 9.33. The van der Waals surface area contributed by atoms with Gasteiger partial charge in [-0.15, -0.1) is 0 Å². The third kappa shape index (κ3) is 6.01. The number of hydrazone groups is 1. The predicted molar refractivity (Wildman–Crippen MR) is 107 cm³/mol. The summed E-state index contributed by atoms with van der Waals surface area (Å²) in [5.74, 6) is -0.616.